The van der Waals surface area contributed by atoms with Gasteiger partial charge in [0, 0.05) is 25.2 Å². The Hall–Kier alpha value is -2.34. The lowest BCUT2D eigenvalue weighted by atomic mass is 9.87. The van der Waals surface area contributed by atoms with Crippen molar-refractivity contribution in [1.82, 2.24) is 20.0 Å². The SMILES string of the molecule is CC(C)N(CCNC(=O)c1cnn(-c2ccc(C(C)(C)C)cc2)c1N)C(C)C. The Balaban J connectivity index is 2.07. The average Bonchev–Trinajstić information content (AvgIpc) is 2.98. The minimum atomic E-state index is -0.192. The highest BCUT2D eigenvalue weighted by atomic mass is 16.1. The van der Waals surface area contributed by atoms with E-state index in [0.29, 0.717) is 30.0 Å². The van der Waals surface area contributed by atoms with Crippen molar-refractivity contribution in [2.24, 2.45) is 0 Å². The maximum absolute atomic E-state index is 12.6. The summed E-state index contributed by atoms with van der Waals surface area (Å²) in [4.78, 5) is 14.9. The van der Waals surface area contributed by atoms with Gasteiger partial charge in [0.05, 0.1) is 11.9 Å². The number of carbonyl (C=O) groups is 1. The summed E-state index contributed by atoms with van der Waals surface area (Å²) in [6, 6.07) is 8.97. The van der Waals surface area contributed by atoms with Crippen molar-refractivity contribution in [2.75, 3.05) is 18.8 Å². The van der Waals surface area contributed by atoms with E-state index in [-0.39, 0.29) is 11.3 Å². The summed E-state index contributed by atoms with van der Waals surface area (Å²) in [6.07, 6.45) is 1.53. The first-order chi connectivity index (χ1) is 13.0. The molecular formula is C22H35N5O. The van der Waals surface area contributed by atoms with Crippen molar-refractivity contribution in [3.63, 3.8) is 0 Å². The Morgan fingerprint density at radius 3 is 2.21 bits per heavy atom. The van der Waals surface area contributed by atoms with Crippen molar-refractivity contribution in [3.05, 3.63) is 41.6 Å². The summed E-state index contributed by atoms with van der Waals surface area (Å²) in [5.74, 6) is 0.160. The van der Waals surface area contributed by atoms with E-state index in [9.17, 15) is 4.79 Å². The van der Waals surface area contributed by atoms with Crippen LogP contribution in [0.3, 0.4) is 0 Å². The lowest BCUT2D eigenvalue weighted by Gasteiger charge is -2.30. The van der Waals surface area contributed by atoms with Gasteiger partial charge in [0.2, 0.25) is 0 Å². The Bertz CT molecular complexity index is 776. The smallest absolute Gasteiger partial charge is 0.256 e. The van der Waals surface area contributed by atoms with Crippen LogP contribution in [0.25, 0.3) is 5.69 Å². The highest BCUT2D eigenvalue weighted by molar-refractivity contribution is 5.98. The van der Waals surface area contributed by atoms with Crippen LogP contribution in [0.5, 0.6) is 0 Å². The minimum Gasteiger partial charge on any atom is -0.383 e. The second-order valence-electron chi connectivity index (χ2n) is 8.83. The maximum Gasteiger partial charge on any atom is 0.256 e. The predicted molar refractivity (Wildman–Crippen MR) is 116 cm³/mol. The van der Waals surface area contributed by atoms with Gasteiger partial charge in [0.15, 0.2) is 0 Å². The lowest BCUT2D eigenvalue weighted by molar-refractivity contribution is 0.0940. The van der Waals surface area contributed by atoms with E-state index in [1.54, 1.807) is 4.68 Å². The second kappa shape index (κ2) is 8.78. The summed E-state index contributed by atoms with van der Waals surface area (Å²) in [7, 11) is 0. The minimum absolute atomic E-state index is 0.0824. The third-order valence-corrected chi connectivity index (χ3v) is 5.01. The summed E-state index contributed by atoms with van der Waals surface area (Å²) < 4.78 is 1.61. The molecule has 3 N–H and O–H groups in total. The number of nitrogens with one attached hydrogen (secondary N) is 1. The Morgan fingerprint density at radius 2 is 1.71 bits per heavy atom. The first kappa shape index (κ1) is 22.0. The Kier molecular flexibility index (Phi) is 6.88. The Morgan fingerprint density at radius 1 is 1.14 bits per heavy atom. The summed E-state index contributed by atoms with van der Waals surface area (Å²) in [5.41, 5.74) is 8.78. The molecule has 0 bridgehead atoms. The van der Waals surface area contributed by atoms with E-state index in [1.807, 2.05) is 12.1 Å². The molecule has 6 heteroatoms. The van der Waals surface area contributed by atoms with Crippen LogP contribution >= 0.6 is 0 Å². The highest BCUT2D eigenvalue weighted by Gasteiger charge is 2.18. The number of anilines is 1. The molecule has 1 aromatic carbocycles. The first-order valence-corrected chi connectivity index (χ1v) is 10.0. The third-order valence-electron chi connectivity index (χ3n) is 5.01. The number of aromatic nitrogens is 2. The topological polar surface area (TPSA) is 76.2 Å². The predicted octanol–water partition coefficient (Wildman–Crippen LogP) is 3.60. The molecule has 154 valence electrons. The number of amides is 1. The van der Waals surface area contributed by atoms with Gasteiger partial charge in [-0.1, -0.05) is 32.9 Å². The van der Waals surface area contributed by atoms with Crippen LogP contribution in [-0.2, 0) is 5.41 Å². The fraction of sp³-hybridized carbons (Fsp3) is 0.545. The molecule has 0 aliphatic rings. The number of nitrogens with two attached hydrogens (primary N) is 1. The molecule has 0 radical (unpaired) electrons. The van der Waals surface area contributed by atoms with Crippen LogP contribution in [-0.4, -0.2) is 45.8 Å². The van der Waals surface area contributed by atoms with Gasteiger partial charge in [-0.05, 0) is 50.8 Å². The monoisotopic (exact) mass is 385 g/mol. The van der Waals surface area contributed by atoms with E-state index in [1.165, 1.54) is 11.8 Å². The number of rotatable bonds is 7. The zero-order chi connectivity index (χ0) is 21.1. The molecule has 28 heavy (non-hydrogen) atoms. The number of hydrogen-bond acceptors (Lipinski definition) is 4. The standard InChI is InChI=1S/C22H35N5O/c1-15(2)26(16(3)4)13-12-24-21(28)19-14-25-27(20(19)23)18-10-8-17(9-11-18)22(5,6)7/h8-11,14-16H,12-13,23H2,1-7H3,(H,24,28). The number of carbonyl (C=O) groups excluding carboxylic acids is 1. The number of nitrogens with zero attached hydrogens (tertiary/aromatic N) is 3. The van der Waals surface area contributed by atoms with Crippen molar-refractivity contribution in [2.45, 2.75) is 66.0 Å². The van der Waals surface area contributed by atoms with Crippen LogP contribution in [0.2, 0.25) is 0 Å². The van der Waals surface area contributed by atoms with Gasteiger partial charge in [-0.2, -0.15) is 5.10 Å². The first-order valence-electron chi connectivity index (χ1n) is 10.0. The second-order valence-corrected chi connectivity index (χ2v) is 8.83. The average molecular weight is 386 g/mol. The summed E-state index contributed by atoms with van der Waals surface area (Å²) in [6.45, 7) is 16.5. The summed E-state index contributed by atoms with van der Waals surface area (Å²) >= 11 is 0. The van der Waals surface area contributed by atoms with Gasteiger partial charge in [-0.25, -0.2) is 4.68 Å². The van der Waals surface area contributed by atoms with Gasteiger partial charge in [0.1, 0.15) is 11.4 Å². The van der Waals surface area contributed by atoms with Crippen molar-refractivity contribution < 1.29 is 4.79 Å². The molecular weight excluding hydrogens is 350 g/mol. The molecule has 1 amide bonds. The van der Waals surface area contributed by atoms with Crippen LogP contribution in [0.15, 0.2) is 30.5 Å². The number of hydrogen-bond donors (Lipinski definition) is 2. The molecule has 0 unspecified atom stereocenters. The van der Waals surface area contributed by atoms with E-state index < -0.39 is 0 Å². The summed E-state index contributed by atoms with van der Waals surface area (Å²) in [5, 5.41) is 7.28. The maximum atomic E-state index is 12.6. The number of nitrogen functional groups attached to an aromatic ring is 1. The van der Waals surface area contributed by atoms with Gasteiger partial charge >= 0.3 is 0 Å². The number of benzene rings is 1. The molecule has 0 saturated carbocycles. The van der Waals surface area contributed by atoms with Crippen LogP contribution in [0, 0.1) is 0 Å². The Labute approximate surface area is 169 Å². The molecule has 6 nitrogen and oxygen atoms in total. The molecule has 0 spiro atoms. The largest absolute Gasteiger partial charge is 0.383 e. The molecule has 0 saturated heterocycles. The van der Waals surface area contributed by atoms with Crippen molar-refractivity contribution in [3.8, 4) is 5.69 Å². The van der Waals surface area contributed by atoms with Crippen molar-refractivity contribution in [1.29, 1.82) is 0 Å². The molecule has 1 heterocycles. The van der Waals surface area contributed by atoms with Gasteiger partial charge in [-0.15, -0.1) is 0 Å². The quantitative estimate of drug-likeness (QED) is 0.763. The molecule has 0 aliphatic carbocycles. The molecule has 2 rings (SSSR count). The lowest BCUT2D eigenvalue weighted by Crippen LogP contribution is -2.42. The fourth-order valence-electron chi connectivity index (χ4n) is 3.35. The van der Waals surface area contributed by atoms with Gasteiger partial charge in [-0.3, -0.25) is 9.69 Å². The fourth-order valence-corrected chi connectivity index (χ4v) is 3.35. The normalized spacial score (nSPS) is 12.2. The van der Waals surface area contributed by atoms with E-state index in [2.05, 4.69) is 75.9 Å². The van der Waals surface area contributed by atoms with Crippen LogP contribution < -0.4 is 11.1 Å². The third kappa shape index (κ3) is 5.13. The van der Waals surface area contributed by atoms with E-state index in [4.69, 9.17) is 5.73 Å². The zero-order valence-corrected chi connectivity index (χ0v) is 18.3. The zero-order valence-electron chi connectivity index (χ0n) is 18.3. The van der Waals surface area contributed by atoms with Crippen LogP contribution in [0.4, 0.5) is 5.82 Å². The highest BCUT2D eigenvalue weighted by Crippen LogP contribution is 2.24. The van der Waals surface area contributed by atoms with E-state index >= 15 is 0 Å². The van der Waals surface area contributed by atoms with Crippen LogP contribution in [0.1, 0.15) is 64.4 Å². The van der Waals surface area contributed by atoms with Crippen molar-refractivity contribution >= 4 is 11.7 Å². The molecule has 1 aromatic heterocycles. The van der Waals surface area contributed by atoms with Gasteiger partial charge in [0.25, 0.3) is 5.91 Å². The molecule has 0 aliphatic heterocycles. The van der Waals surface area contributed by atoms with Gasteiger partial charge < -0.3 is 11.1 Å². The van der Waals surface area contributed by atoms with E-state index in [0.717, 1.165) is 12.2 Å². The molecule has 2 aromatic rings. The molecule has 0 atom stereocenters. The molecule has 0 fully saturated rings.